The maximum absolute atomic E-state index is 11.7. The first-order chi connectivity index (χ1) is 8.57. The van der Waals surface area contributed by atoms with E-state index in [0.29, 0.717) is 5.75 Å². The lowest BCUT2D eigenvalue weighted by molar-refractivity contribution is 0.138. The van der Waals surface area contributed by atoms with Gasteiger partial charge in [0.15, 0.2) is 9.84 Å². The molecule has 5 nitrogen and oxygen atoms in total. The van der Waals surface area contributed by atoms with Gasteiger partial charge in [-0.15, -0.1) is 0 Å². The highest BCUT2D eigenvalue weighted by Gasteiger charge is 2.31. The summed E-state index contributed by atoms with van der Waals surface area (Å²) in [5.41, 5.74) is 0.847. The van der Waals surface area contributed by atoms with Gasteiger partial charge in [0.25, 0.3) is 0 Å². The van der Waals surface area contributed by atoms with Crippen LogP contribution in [0.5, 0.6) is 0 Å². The number of sulfone groups is 1. The van der Waals surface area contributed by atoms with Crippen LogP contribution in [0.4, 0.5) is 0 Å². The van der Waals surface area contributed by atoms with Crippen molar-refractivity contribution in [2.24, 2.45) is 0 Å². The predicted molar refractivity (Wildman–Crippen MR) is 67.0 cm³/mol. The van der Waals surface area contributed by atoms with Gasteiger partial charge in [0.05, 0.1) is 29.5 Å². The second-order valence-corrected chi connectivity index (χ2v) is 7.53. The van der Waals surface area contributed by atoms with Crippen LogP contribution in [-0.4, -0.2) is 34.6 Å². The van der Waals surface area contributed by atoms with Crippen molar-refractivity contribution in [3.8, 4) is 0 Å². The minimum Gasteiger partial charge on any atom is -0.387 e. The largest absolute Gasteiger partial charge is 0.387 e. The number of aromatic nitrogens is 2. The van der Waals surface area contributed by atoms with Crippen molar-refractivity contribution in [2.75, 3.05) is 11.5 Å². The molecule has 2 unspecified atom stereocenters. The molecule has 0 bridgehead atoms. The van der Waals surface area contributed by atoms with Crippen molar-refractivity contribution in [2.45, 2.75) is 44.2 Å². The molecule has 0 aromatic carbocycles. The molecule has 2 aliphatic heterocycles. The lowest BCUT2D eigenvalue weighted by Crippen LogP contribution is -2.27. The van der Waals surface area contributed by atoms with Crippen molar-refractivity contribution < 1.29 is 13.5 Å². The number of rotatable bonds is 1. The third kappa shape index (κ3) is 2.07. The molecule has 1 fully saturated rings. The Morgan fingerprint density at radius 2 is 2.17 bits per heavy atom. The average molecular weight is 270 g/mol. The number of hydrogen-bond donors (Lipinski definition) is 1. The van der Waals surface area contributed by atoms with Crippen LogP contribution in [0.1, 0.15) is 49.2 Å². The molecule has 0 spiro atoms. The Bertz CT molecular complexity index is 550. The molecule has 100 valence electrons. The zero-order chi connectivity index (χ0) is 12.8. The molecule has 3 rings (SSSR count). The lowest BCUT2D eigenvalue weighted by Gasteiger charge is -2.26. The molecule has 0 aliphatic carbocycles. The molecule has 3 heterocycles. The molecule has 18 heavy (non-hydrogen) atoms. The molecule has 6 heteroatoms. The SMILES string of the molecule is O=S1(=O)CCCC(c2ncc3n2CCCC3O)C1. The van der Waals surface area contributed by atoms with Gasteiger partial charge in [0.2, 0.25) is 0 Å². The van der Waals surface area contributed by atoms with Gasteiger partial charge in [-0.1, -0.05) is 0 Å². The zero-order valence-corrected chi connectivity index (χ0v) is 11.1. The molecule has 1 saturated heterocycles. The normalized spacial score (nSPS) is 30.9. The quantitative estimate of drug-likeness (QED) is 0.826. The highest BCUT2D eigenvalue weighted by molar-refractivity contribution is 7.91. The Hall–Kier alpha value is -0.880. The summed E-state index contributed by atoms with van der Waals surface area (Å²) in [6.07, 6.45) is 4.56. The van der Waals surface area contributed by atoms with Crippen LogP contribution >= 0.6 is 0 Å². The molecule has 1 N–H and O–H groups in total. The summed E-state index contributed by atoms with van der Waals surface area (Å²) in [5, 5.41) is 9.90. The van der Waals surface area contributed by atoms with E-state index in [1.807, 2.05) is 4.57 Å². The standard InChI is InChI=1S/C12H18N2O3S/c15-11-4-1-5-14-10(11)7-13-12(14)9-3-2-6-18(16,17)8-9/h7,9,11,15H,1-6,8H2. The molecule has 0 radical (unpaired) electrons. The van der Waals surface area contributed by atoms with Crippen LogP contribution in [0.15, 0.2) is 6.20 Å². The Balaban J connectivity index is 1.93. The van der Waals surface area contributed by atoms with Crippen molar-refractivity contribution in [3.05, 3.63) is 17.7 Å². The fourth-order valence-corrected chi connectivity index (χ4v) is 4.76. The van der Waals surface area contributed by atoms with Crippen LogP contribution in [0.3, 0.4) is 0 Å². The van der Waals surface area contributed by atoms with E-state index in [4.69, 9.17) is 0 Å². The molecule has 0 saturated carbocycles. The van der Waals surface area contributed by atoms with E-state index in [9.17, 15) is 13.5 Å². The van der Waals surface area contributed by atoms with Gasteiger partial charge in [-0.25, -0.2) is 13.4 Å². The number of fused-ring (bicyclic) bond motifs is 1. The first-order valence-electron chi connectivity index (χ1n) is 6.50. The number of aliphatic hydroxyl groups excluding tert-OH is 1. The van der Waals surface area contributed by atoms with E-state index in [1.54, 1.807) is 6.20 Å². The summed E-state index contributed by atoms with van der Waals surface area (Å²) in [7, 11) is -2.91. The fraction of sp³-hybridized carbons (Fsp3) is 0.750. The fourth-order valence-electron chi connectivity index (χ4n) is 3.06. The Kier molecular flexibility index (Phi) is 2.94. The Morgan fingerprint density at radius 1 is 1.33 bits per heavy atom. The first-order valence-corrected chi connectivity index (χ1v) is 8.33. The van der Waals surface area contributed by atoms with E-state index in [2.05, 4.69) is 4.98 Å². The van der Waals surface area contributed by atoms with E-state index in [-0.39, 0.29) is 11.7 Å². The van der Waals surface area contributed by atoms with Crippen LogP contribution in [0, 0.1) is 0 Å². The summed E-state index contributed by atoms with van der Waals surface area (Å²) in [6.45, 7) is 0.846. The third-order valence-electron chi connectivity index (χ3n) is 3.95. The van der Waals surface area contributed by atoms with Gasteiger partial charge in [-0.3, -0.25) is 0 Å². The summed E-state index contributed by atoms with van der Waals surface area (Å²) >= 11 is 0. The van der Waals surface area contributed by atoms with E-state index >= 15 is 0 Å². The summed E-state index contributed by atoms with van der Waals surface area (Å²) in [5.74, 6) is 1.37. The first kappa shape index (κ1) is 12.2. The molecule has 0 amide bonds. The second kappa shape index (κ2) is 4.35. The van der Waals surface area contributed by atoms with E-state index in [0.717, 1.165) is 43.7 Å². The highest BCUT2D eigenvalue weighted by atomic mass is 32.2. The maximum atomic E-state index is 11.7. The molecular formula is C12H18N2O3S. The van der Waals surface area contributed by atoms with Gasteiger partial charge < -0.3 is 9.67 Å². The van der Waals surface area contributed by atoms with Crippen molar-refractivity contribution in [3.63, 3.8) is 0 Å². The molecular weight excluding hydrogens is 252 g/mol. The molecule has 1 aromatic rings. The highest BCUT2D eigenvalue weighted by Crippen LogP contribution is 2.32. The molecule has 2 atom stereocenters. The van der Waals surface area contributed by atoms with Crippen LogP contribution in [0.25, 0.3) is 0 Å². The van der Waals surface area contributed by atoms with E-state index in [1.165, 1.54) is 0 Å². The van der Waals surface area contributed by atoms with Crippen LogP contribution < -0.4 is 0 Å². The predicted octanol–water partition coefficient (Wildman–Crippen LogP) is 1.00. The van der Waals surface area contributed by atoms with Gasteiger partial charge in [0.1, 0.15) is 5.82 Å². The monoisotopic (exact) mass is 270 g/mol. The van der Waals surface area contributed by atoms with Gasteiger partial charge >= 0.3 is 0 Å². The smallest absolute Gasteiger partial charge is 0.151 e. The van der Waals surface area contributed by atoms with Gasteiger partial charge in [0, 0.05) is 12.5 Å². The van der Waals surface area contributed by atoms with Crippen molar-refractivity contribution >= 4 is 9.84 Å². The Labute approximate surface area is 107 Å². The van der Waals surface area contributed by atoms with Crippen LogP contribution in [0.2, 0.25) is 0 Å². The zero-order valence-electron chi connectivity index (χ0n) is 10.2. The summed E-state index contributed by atoms with van der Waals surface area (Å²) < 4.78 is 25.4. The van der Waals surface area contributed by atoms with Crippen LogP contribution in [-0.2, 0) is 16.4 Å². The number of aliphatic hydroxyl groups is 1. The van der Waals surface area contributed by atoms with E-state index < -0.39 is 15.9 Å². The minimum absolute atomic E-state index is 0.00259. The third-order valence-corrected chi connectivity index (χ3v) is 5.77. The van der Waals surface area contributed by atoms with Gasteiger partial charge in [-0.05, 0) is 25.7 Å². The Morgan fingerprint density at radius 3 is 2.94 bits per heavy atom. The second-order valence-electron chi connectivity index (χ2n) is 5.30. The number of hydrogen-bond acceptors (Lipinski definition) is 4. The minimum atomic E-state index is -2.91. The van der Waals surface area contributed by atoms with Crippen molar-refractivity contribution in [1.29, 1.82) is 0 Å². The average Bonchev–Trinajstić information content (AvgIpc) is 2.73. The number of nitrogens with zero attached hydrogens (tertiary/aromatic N) is 2. The summed E-state index contributed by atoms with van der Waals surface area (Å²) in [4.78, 5) is 4.38. The number of imidazole rings is 1. The molecule has 1 aromatic heterocycles. The molecule has 2 aliphatic rings. The van der Waals surface area contributed by atoms with Crippen molar-refractivity contribution in [1.82, 2.24) is 9.55 Å². The summed E-state index contributed by atoms with van der Waals surface area (Å²) in [6, 6.07) is 0. The van der Waals surface area contributed by atoms with Gasteiger partial charge in [-0.2, -0.15) is 0 Å². The lowest BCUT2D eigenvalue weighted by atomic mass is 10.0. The topological polar surface area (TPSA) is 72.2 Å². The maximum Gasteiger partial charge on any atom is 0.151 e.